The smallest absolute Gasteiger partial charge is 0.323 e. The Bertz CT molecular complexity index is 345. The van der Waals surface area contributed by atoms with Crippen molar-refractivity contribution < 1.29 is 19.1 Å². The number of ether oxygens (including phenoxy) is 2. The van der Waals surface area contributed by atoms with Gasteiger partial charge >= 0.3 is 5.97 Å². The Balaban J connectivity index is 4.25. The van der Waals surface area contributed by atoms with Gasteiger partial charge in [0.25, 0.3) is 0 Å². The van der Waals surface area contributed by atoms with Crippen LogP contribution in [-0.2, 0) is 19.1 Å². The van der Waals surface area contributed by atoms with E-state index in [0.29, 0.717) is 6.42 Å². The summed E-state index contributed by atoms with van der Waals surface area (Å²) in [5.41, 5.74) is 10.3. The van der Waals surface area contributed by atoms with Crippen molar-refractivity contribution >= 4 is 11.9 Å². The SMILES string of the molecule is CCC(C)OC(C)(C)CC(C)OC(=O)C(N)CCC(N)=O. The molecule has 0 radical (unpaired) electrons. The van der Waals surface area contributed by atoms with E-state index in [1.165, 1.54) is 0 Å². The molecule has 0 spiro atoms. The summed E-state index contributed by atoms with van der Waals surface area (Å²) in [6.45, 7) is 9.81. The number of amides is 1. The molecular formula is C15H30N2O4. The standard InChI is InChI=1S/C15H30N2O4/c1-6-10(2)21-15(4,5)9-11(3)20-14(19)12(16)7-8-13(17)18/h10-12H,6-9,16H2,1-5H3,(H2,17,18). The first-order valence-corrected chi connectivity index (χ1v) is 7.49. The lowest BCUT2D eigenvalue weighted by Crippen LogP contribution is -2.38. The molecule has 4 N–H and O–H groups in total. The van der Waals surface area contributed by atoms with Crippen molar-refractivity contribution in [3.63, 3.8) is 0 Å². The van der Waals surface area contributed by atoms with Gasteiger partial charge in [-0.05, 0) is 40.5 Å². The Morgan fingerprint density at radius 1 is 1.19 bits per heavy atom. The number of hydrogen-bond donors (Lipinski definition) is 2. The molecule has 0 aromatic heterocycles. The van der Waals surface area contributed by atoms with E-state index in [4.69, 9.17) is 20.9 Å². The summed E-state index contributed by atoms with van der Waals surface area (Å²) in [4.78, 5) is 22.5. The zero-order chi connectivity index (χ0) is 16.6. The van der Waals surface area contributed by atoms with Crippen molar-refractivity contribution in [2.24, 2.45) is 11.5 Å². The van der Waals surface area contributed by atoms with Crippen molar-refractivity contribution in [3.05, 3.63) is 0 Å². The fourth-order valence-corrected chi connectivity index (χ4v) is 2.11. The summed E-state index contributed by atoms with van der Waals surface area (Å²) < 4.78 is 11.2. The highest BCUT2D eigenvalue weighted by molar-refractivity contribution is 5.78. The summed E-state index contributed by atoms with van der Waals surface area (Å²) >= 11 is 0. The lowest BCUT2D eigenvalue weighted by molar-refractivity contribution is -0.154. The van der Waals surface area contributed by atoms with Crippen LogP contribution in [-0.4, -0.2) is 35.7 Å². The molecule has 0 aromatic rings. The van der Waals surface area contributed by atoms with Gasteiger partial charge in [-0.1, -0.05) is 6.92 Å². The van der Waals surface area contributed by atoms with Gasteiger partial charge in [0.2, 0.25) is 5.91 Å². The fraction of sp³-hybridized carbons (Fsp3) is 0.867. The third-order valence-electron chi connectivity index (χ3n) is 3.20. The first kappa shape index (κ1) is 19.9. The average Bonchev–Trinajstić information content (AvgIpc) is 2.33. The zero-order valence-corrected chi connectivity index (χ0v) is 13.8. The maximum atomic E-state index is 11.8. The van der Waals surface area contributed by atoms with Crippen LogP contribution in [0.4, 0.5) is 0 Å². The summed E-state index contributed by atoms with van der Waals surface area (Å²) in [5.74, 6) is -0.988. The predicted octanol–water partition coefficient (Wildman–Crippen LogP) is 1.49. The van der Waals surface area contributed by atoms with Gasteiger partial charge in [0.15, 0.2) is 0 Å². The van der Waals surface area contributed by atoms with Gasteiger partial charge in [0.1, 0.15) is 12.1 Å². The summed E-state index contributed by atoms with van der Waals surface area (Å²) in [6, 6.07) is -0.821. The molecule has 3 atom stereocenters. The Morgan fingerprint density at radius 3 is 2.24 bits per heavy atom. The number of nitrogens with two attached hydrogens (primary N) is 2. The molecule has 0 aliphatic heterocycles. The molecule has 0 heterocycles. The van der Waals surface area contributed by atoms with Crippen LogP contribution >= 0.6 is 0 Å². The van der Waals surface area contributed by atoms with E-state index in [1.807, 2.05) is 20.8 Å². The van der Waals surface area contributed by atoms with Crippen molar-refractivity contribution in [3.8, 4) is 0 Å². The van der Waals surface area contributed by atoms with Crippen molar-refractivity contribution in [2.45, 2.75) is 84.2 Å². The molecule has 0 saturated carbocycles. The Kier molecular flexibility index (Phi) is 8.51. The van der Waals surface area contributed by atoms with Crippen molar-refractivity contribution in [1.29, 1.82) is 0 Å². The van der Waals surface area contributed by atoms with E-state index in [1.54, 1.807) is 6.92 Å². The highest BCUT2D eigenvalue weighted by atomic mass is 16.5. The molecule has 6 heteroatoms. The van der Waals surface area contributed by atoms with E-state index in [9.17, 15) is 9.59 Å². The van der Waals surface area contributed by atoms with Crippen LogP contribution in [0.25, 0.3) is 0 Å². The predicted molar refractivity (Wildman–Crippen MR) is 81.5 cm³/mol. The minimum Gasteiger partial charge on any atom is -0.461 e. The van der Waals surface area contributed by atoms with Crippen LogP contribution in [0.5, 0.6) is 0 Å². The molecule has 124 valence electrons. The second-order valence-corrected chi connectivity index (χ2v) is 6.16. The van der Waals surface area contributed by atoms with E-state index >= 15 is 0 Å². The van der Waals surface area contributed by atoms with Crippen LogP contribution in [0.1, 0.15) is 60.3 Å². The number of rotatable bonds is 10. The van der Waals surface area contributed by atoms with Gasteiger partial charge in [0.05, 0.1) is 11.7 Å². The third-order valence-corrected chi connectivity index (χ3v) is 3.20. The van der Waals surface area contributed by atoms with Crippen LogP contribution in [0.15, 0.2) is 0 Å². The molecule has 0 rings (SSSR count). The highest BCUT2D eigenvalue weighted by Gasteiger charge is 2.27. The molecule has 0 aliphatic carbocycles. The molecule has 21 heavy (non-hydrogen) atoms. The number of primary amides is 1. The van der Waals surface area contributed by atoms with E-state index < -0.39 is 17.9 Å². The number of esters is 1. The van der Waals surface area contributed by atoms with Crippen LogP contribution < -0.4 is 11.5 Å². The average molecular weight is 302 g/mol. The van der Waals surface area contributed by atoms with Gasteiger partial charge in [-0.15, -0.1) is 0 Å². The summed E-state index contributed by atoms with van der Waals surface area (Å²) in [7, 11) is 0. The third kappa shape index (κ3) is 9.42. The molecule has 0 aliphatic rings. The number of carbonyl (C=O) groups is 2. The van der Waals surface area contributed by atoms with Gasteiger partial charge < -0.3 is 20.9 Å². The fourth-order valence-electron chi connectivity index (χ4n) is 2.11. The monoisotopic (exact) mass is 302 g/mol. The van der Waals surface area contributed by atoms with Gasteiger partial charge in [-0.3, -0.25) is 9.59 Å². The maximum absolute atomic E-state index is 11.8. The summed E-state index contributed by atoms with van der Waals surface area (Å²) in [6.07, 6.45) is 1.62. The Morgan fingerprint density at radius 2 is 1.76 bits per heavy atom. The minimum atomic E-state index is -0.821. The van der Waals surface area contributed by atoms with Crippen LogP contribution in [0.3, 0.4) is 0 Å². The molecule has 0 bridgehead atoms. The molecule has 1 amide bonds. The second kappa shape index (κ2) is 9.00. The van der Waals surface area contributed by atoms with E-state index in [-0.39, 0.29) is 30.7 Å². The molecule has 0 fully saturated rings. The van der Waals surface area contributed by atoms with Gasteiger partial charge in [0, 0.05) is 12.8 Å². The lowest BCUT2D eigenvalue weighted by atomic mass is 10.0. The van der Waals surface area contributed by atoms with Crippen LogP contribution in [0, 0.1) is 0 Å². The molecular weight excluding hydrogens is 272 g/mol. The largest absolute Gasteiger partial charge is 0.461 e. The second-order valence-electron chi connectivity index (χ2n) is 6.16. The first-order valence-electron chi connectivity index (χ1n) is 7.49. The zero-order valence-electron chi connectivity index (χ0n) is 13.8. The minimum absolute atomic E-state index is 0.0767. The van der Waals surface area contributed by atoms with Crippen LogP contribution in [0.2, 0.25) is 0 Å². The van der Waals surface area contributed by atoms with Crippen molar-refractivity contribution in [1.82, 2.24) is 0 Å². The quantitative estimate of drug-likeness (QED) is 0.595. The molecule has 3 unspecified atom stereocenters. The van der Waals surface area contributed by atoms with E-state index in [0.717, 1.165) is 6.42 Å². The Hall–Kier alpha value is -1.14. The highest BCUT2D eigenvalue weighted by Crippen LogP contribution is 2.21. The number of carbonyl (C=O) groups excluding carboxylic acids is 2. The summed E-state index contributed by atoms with van der Waals surface area (Å²) in [5, 5.41) is 0. The maximum Gasteiger partial charge on any atom is 0.323 e. The lowest BCUT2D eigenvalue weighted by Gasteiger charge is -2.31. The van der Waals surface area contributed by atoms with Gasteiger partial charge in [-0.2, -0.15) is 0 Å². The van der Waals surface area contributed by atoms with Gasteiger partial charge in [-0.25, -0.2) is 0 Å². The molecule has 0 aromatic carbocycles. The number of hydrogen-bond acceptors (Lipinski definition) is 5. The Labute approximate surface area is 127 Å². The normalized spacial score (nSPS) is 16.1. The molecule has 6 nitrogen and oxygen atoms in total. The van der Waals surface area contributed by atoms with Crippen molar-refractivity contribution in [2.75, 3.05) is 0 Å². The van der Waals surface area contributed by atoms with E-state index in [2.05, 4.69) is 6.92 Å². The first-order chi connectivity index (χ1) is 9.57. The topological polar surface area (TPSA) is 105 Å². The molecule has 0 saturated heterocycles.